The van der Waals surface area contributed by atoms with E-state index in [9.17, 15) is 4.79 Å². The number of unbranched alkanes of at least 4 members (excludes halogenated alkanes) is 1. The highest BCUT2D eigenvalue weighted by Gasteiger charge is 2.15. The minimum Gasteiger partial charge on any atom is -0.326 e. The number of nitrogens with zero attached hydrogens (tertiary/aromatic N) is 2. The van der Waals surface area contributed by atoms with Crippen LogP contribution in [0.2, 0.25) is 0 Å². The number of aromatic nitrogens is 2. The molecule has 0 unspecified atom stereocenters. The second kappa shape index (κ2) is 13.2. The van der Waals surface area contributed by atoms with E-state index < -0.39 is 0 Å². The summed E-state index contributed by atoms with van der Waals surface area (Å²) in [5.74, 6) is 0.606. The van der Waals surface area contributed by atoms with Crippen molar-refractivity contribution >= 4 is 24.0 Å². The van der Waals surface area contributed by atoms with Crippen LogP contribution in [0.4, 0.5) is 10.6 Å². The Hall–Kier alpha value is -3.38. The molecule has 0 aliphatic heterocycles. The Labute approximate surface area is 198 Å². The second-order valence-corrected chi connectivity index (χ2v) is 7.69. The first-order chi connectivity index (χ1) is 16.0. The maximum Gasteiger partial charge on any atom is 0.324 e. The van der Waals surface area contributed by atoms with E-state index >= 15 is 0 Å². The summed E-state index contributed by atoms with van der Waals surface area (Å²) in [6.07, 6.45) is 15.4. The van der Waals surface area contributed by atoms with Gasteiger partial charge in [-0.3, -0.25) is 5.32 Å². The Morgan fingerprint density at radius 3 is 2.64 bits per heavy atom. The number of hydrogen-bond donors (Lipinski definition) is 3. The highest BCUT2D eigenvalue weighted by atomic mass is 16.2. The van der Waals surface area contributed by atoms with Gasteiger partial charge in [-0.05, 0) is 68.0 Å². The number of benzene rings is 1. The van der Waals surface area contributed by atoms with Crippen LogP contribution in [0.1, 0.15) is 69.3 Å². The molecule has 0 aliphatic rings. The predicted molar refractivity (Wildman–Crippen MR) is 140 cm³/mol. The Morgan fingerprint density at radius 2 is 2.03 bits per heavy atom. The number of carbonyl (C=O) groups is 1. The van der Waals surface area contributed by atoms with Crippen LogP contribution < -0.4 is 16.4 Å². The molecule has 0 bridgehead atoms. The standard InChI is InChI=1S/C27H37N5O/c1-6-11-14-22(9-4)29-27(33)30-26-18-23(15-12-7-2)31-32(26)24-16-20(13-8-3)25(10-5)21(17-24)19-28/h8-11,13-14,16-18H,5-7,12,15,19,28H2,1-4H3,(H2,29,30,33)/b13-8-,14-11-,22-9+. The molecule has 0 fully saturated rings. The van der Waals surface area contributed by atoms with E-state index in [1.54, 1.807) is 4.68 Å². The maximum absolute atomic E-state index is 12.8. The minimum absolute atomic E-state index is 0.317. The molecular weight excluding hydrogens is 410 g/mol. The van der Waals surface area contributed by atoms with Crippen LogP contribution in [0.25, 0.3) is 17.8 Å². The lowest BCUT2D eigenvalue weighted by molar-refractivity contribution is 0.254. The van der Waals surface area contributed by atoms with Crippen molar-refractivity contribution in [3.63, 3.8) is 0 Å². The number of anilines is 1. The van der Waals surface area contributed by atoms with Gasteiger partial charge >= 0.3 is 6.03 Å². The van der Waals surface area contributed by atoms with Gasteiger partial charge in [0.05, 0.1) is 11.4 Å². The number of urea groups is 1. The first kappa shape index (κ1) is 25.9. The fourth-order valence-corrected chi connectivity index (χ4v) is 3.51. The zero-order valence-corrected chi connectivity index (χ0v) is 20.3. The molecule has 1 aromatic heterocycles. The lowest BCUT2D eigenvalue weighted by atomic mass is 9.99. The van der Waals surface area contributed by atoms with Crippen molar-refractivity contribution in [1.82, 2.24) is 15.1 Å². The molecule has 0 radical (unpaired) electrons. The highest BCUT2D eigenvalue weighted by molar-refractivity contribution is 5.90. The number of carbonyl (C=O) groups excluding carboxylic acids is 1. The van der Waals surface area contributed by atoms with Crippen LogP contribution in [0, 0.1) is 0 Å². The van der Waals surface area contributed by atoms with Crippen molar-refractivity contribution in [3.8, 4) is 5.69 Å². The third kappa shape index (κ3) is 7.05. The van der Waals surface area contributed by atoms with Gasteiger partial charge in [-0.15, -0.1) is 0 Å². The Morgan fingerprint density at radius 1 is 1.24 bits per heavy atom. The minimum atomic E-state index is -0.317. The number of nitrogens with two attached hydrogens (primary N) is 1. The van der Waals surface area contributed by atoms with Gasteiger partial charge in [-0.1, -0.05) is 57.2 Å². The molecule has 2 amide bonds. The molecular formula is C27H37N5O. The lowest BCUT2D eigenvalue weighted by Crippen LogP contribution is -2.28. The molecule has 33 heavy (non-hydrogen) atoms. The molecule has 4 N–H and O–H groups in total. The topological polar surface area (TPSA) is 85.0 Å². The molecule has 1 aromatic carbocycles. The smallest absolute Gasteiger partial charge is 0.324 e. The molecule has 0 saturated carbocycles. The van der Waals surface area contributed by atoms with Crippen LogP contribution in [0.3, 0.4) is 0 Å². The number of aryl methyl sites for hydroxylation is 1. The molecule has 1 heterocycles. The molecule has 6 nitrogen and oxygen atoms in total. The fraction of sp³-hybridized carbons (Fsp3) is 0.333. The van der Waals surface area contributed by atoms with Crippen molar-refractivity contribution in [3.05, 3.63) is 77.2 Å². The van der Waals surface area contributed by atoms with E-state index in [0.29, 0.717) is 12.4 Å². The van der Waals surface area contributed by atoms with Crippen LogP contribution in [0.5, 0.6) is 0 Å². The van der Waals surface area contributed by atoms with E-state index in [4.69, 9.17) is 10.8 Å². The zero-order chi connectivity index (χ0) is 24.2. The van der Waals surface area contributed by atoms with Gasteiger partial charge in [-0.2, -0.15) is 5.10 Å². The number of allylic oxidation sites excluding steroid dienone is 4. The number of amides is 2. The molecule has 2 rings (SSSR count). The van der Waals surface area contributed by atoms with Crippen molar-refractivity contribution < 1.29 is 4.79 Å². The summed E-state index contributed by atoms with van der Waals surface area (Å²) in [6.45, 7) is 12.4. The molecule has 0 aliphatic carbocycles. The third-order valence-corrected chi connectivity index (χ3v) is 5.19. The molecule has 0 saturated heterocycles. The average Bonchev–Trinajstić information content (AvgIpc) is 3.22. The molecule has 2 aromatic rings. The van der Waals surface area contributed by atoms with Crippen molar-refractivity contribution in [2.45, 2.75) is 59.9 Å². The summed E-state index contributed by atoms with van der Waals surface area (Å²) in [5, 5.41) is 10.7. The predicted octanol–water partition coefficient (Wildman–Crippen LogP) is 6.34. The van der Waals surface area contributed by atoms with Crippen molar-refractivity contribution in [2.24, 2.45) is 5.73 Å². The van der Waals surface area contributed by atoms with Crippen molar-refractivity contribution in [2.75, 3.05) is 5.32 Å². The Bertz CT molecular complexity index is 1040. The van der Waals surface area contributed by atoms with E-state index in [1.807, 2.05) is 68.5 Å². The summed E-state index contributed by atoms with van der Waals surface area (Å²) < 4.78 is 1.78. The van der Waals surface area contributed by atoms with Gasteiger partial charge in [0, 0.05) is 18.3 Å². The van der Waals surface area contributed by atoms with Crippen LogP contribution in [-0.2, 0) is 13.0 Å². The zero-order valence-electron chi connectivity index (χ0n) is 20.3. The summed E-state index contributed by atoms with van der Waals surface area (Å²) in [7, 11) is 0. The highest BCUT2D eigenvalue weighted by Crippen LogP contribution is 2.26. The van der Waals surface area contributed by atoms with Gasteiger partial charge in [0.25, 0.3) is 0 Å². The summed E-state index contributed by atoms with van der Waals surface area (Å²) in [5.41, 5.74) is 11.5. The number of nitrogens with one attached hydrogen (secondary N) is 2. The molecule has 6 heteroatoms. The van der Waals surface area contributed by atoms with E-state index in [-0.39, 0.29) is 6.03 Å². The van der Waals surface area contributed by atoms with Crippen molar-refractivity contribution in [1.29, 1.82) is 0 Å². The van der Waals surface area contributed by atoms with E-state index in [1.165, 1.54) is 0 Å². The monoisotopic (exact) mass is 447 g/mol. The first-order valence-corrected chi connectivity index (χ1v) is 11.6. The SMILES string of the molecule is C=Cc1c(/C=C\C)cc(-n2nc(CCCC)cc2NC(=O)NC(/C=C\CC)=C/C)cc1CN. The van der Waals surface area contributed by atoms with Crippen LogP contribution in [-0.4, -0.2) is 15.8 Å². The normalized spacial score (nSPS) is 12.0. The largest absolute Gasteiger partial charge is 0.326 e. The fourth-order valence-electron chi connectivity index (χ4n) is 3.51. The molecule has 176 valence electrons. The van der Waals surface area contributed by atoms with Gasteiger partial charge in [-0.25, -0.2) is 9.48 Å². The quantitative estimate of drug-likeness (QED) is 0.351. The van der Waals surface area contributed by atoms with E-state index in [0.717, 1.165) is 59.5 Å². The summed E-state index contributed by atoms with van der Waals surface area (Å²) >= 11 is 0. The number of hydrogen-bond acceptors (Lipinski definition) is 3. The maximum atomic E-state index is 12.8. The van der Waals surface area contributed by atoms with Gasteiger partial charge < -0.3 is 11.1 Å². The molecule has 0 atom stereocenters. The second-order valence-electron chi connectivity index (χ2n) is 7.69. The Balaban J connectivity index is 2.49. The average molecular weight is 448 g/mol. The van der Waals surface area contributed by atoms with Crippen LogP contribution in [0.15, 0.2) is 54.8 Å². The summed E-state index contributed by atoms with van der Waals surface area (Å²) in [4.78, 5) is 12.8. The van der Waals surface area contributed by atoms with Gasteiger partial charge in [0.15, 0.2) is 0 Å². The van der Waals surface area contributed by atoms with Gasteiger partial charge in [0.2, 0.25) is 0 Å². The summed E-state index contributed by atoms with van der Waals surface area (Å²) in [6, 6.07) is 5.66. The lowest BCUT2D eigenvalue weighted by Gasteiger charge is -2.15. The Kier molecular flexibility index (Phi) is 10.4. The first-order valence-electron chi connectivity index (χ1n) is 11.6. The third-order valence-electron chi connectivity index (χ3n) is 5.19. The molecule has 0 spiro atoms. The number of rotatable bonds is 11. The van der Waals surface area contributed by atoms with E-state index in [2.05, 4.69) is 31.1 Å². The van der Waals surface area contributed by atoms with Gasteiger partial charge in [0.1, 0.15) is 5.82 Å². The van der Waals surface area contributed by atoms with Crippen LogP contribution >= 0.6 is 0 Å².